The first kappa shape index (κ1) is 23.4. The van der Waals surface area contributed by atoms with Crippen LogP contribution in [0.1, 0.15) is 66.6 Å². The Morgan fingerprint density at radius 3 is 2.13 bits per heavy atom. The number of carbonyl (C=O) groups is 1. The molecule has 1 heterocycles. The molecule has 0 aromatic heterocycles. The van der Waals surface area contributed by atoms with Gasteiger partial charge >= 0.3 is 0 Å². The second-order valence-electron chi connectivity index (χ2n) is 8.57. The van der Waals surface area contributed by atoms with Crippen LogP contribution in [0.3, 0.4) is 0 Å². The van der Waals surface area contributed by atoms with Gasteiger partial charge in [-0.3, -0.25) is 4.79 Å². The number of ether oxygens (including phenoxy) is 1. The predicted octanol–water partition coefficient (Wildman–Crippen LogP) is 4.52. The Hall–Kier alpha value is -2.22. The van der Waals surface area contributed by atoms with Gasteiger partial charge in [-0.15, -0.1) is 0 Å². The first-order valence-electron chi connectivity index (χ1n) is 10.8. The number of hydrogen-bond acceptors (Lipinski definition) is 4. The van der Waals surface area contributed by atoms with Gasteiger partial charge in [-0.1, -0.05) is 52.0 Å². The van der Waals surface area contributed by atoms with Gasteiger partial charge in [-0.25, -0.2) is 8.42 Å². The molecule has 0 bridgehead atoms. The number of rotatable bonds is 6. The van der Waals surface area contributed by atoms with Crippen molar-refractivity contribution < 1.29 is 17.9 Å². The Labute approximate surface area is 185 Å². The lowest BCUT2D eigenvalue weighted by molar-refractivity contribution is 0.0730. The van der Waals surface area contributed by atoms with E-state index < -0.39 is 10.0 Å². The molecule has 6 nitrogen and oxygen atoms in total. The predicted molar refractivity (Wildman–Crippen MR) is 123 cm³/mol. The maximum atomic E-state index is 13.3. The van der Waals surface area contributed by atoms with Crippen LogP contribution in [0.5, 0.6) is 0 Å². The third kappa shape index (κ3) is 5.00. The molecule has 31 heavy (non-hydrogen) atoms. The van der Waals surface area contributed by atoms with Crippen molar-refractivity contribution in [2.24, 2.45) is 0 Å². The smallest absolute Gasteiger partial charge is 0.255 e. The van der Waals surface area contributed by atoms with Crippen LogP contribution in [0.25, 0.3) is 0 Å². The highest BCUT2D eigenvalue weighted by atomic mass is 32.2. The zero-order valence-electron chi connectivity index (χ0n) is 18.9. The molecular weight excluding hydrogens is 412 g/mol. The summed E-state index contributed by atoms with van der Waals surface area (Å²) in [5.74, 6) is 0.179. The van der Waals surface area contributed by atoms with E-state index in [1.807, 2.05) is 25.1 Å². The van der Waals surface area contributed by atoms with Gasteiger partial charge < -0.3 is 10.1 Å². The SMILES string of the molecule is Cc1ccc(S(=O)(=O)N2CCOCC2)cc1C(=O)Nc1c(C(C)C)cccc1C(C)C. The molecule has 0 atom stereocenters. The molecule has 2 aromatic carbocycles. The molecule has 7 heteroatoms. The average molecular weight is 445 g/mol. The third-order valence-corrected chi connectivity index (χ3v) is 7.57. The van der Waals surface area contributed by atoms with Crippen LogP contribution in [0.15, 0.2) is 41.3 Å². The van der Waals surface area contributed by atoms with E-state index in [-0.39, 0.29) is 22.6 Å². The van der Waals surface area contributed by atoms with Gasteiger partial charge in [0.05, 0.1) is 18.1 Å². The molecular formula is C24H32N2O4S. The number of aryl methyl sites for hydroxylation is 1. The number of nitrogens with zero attached hydrogens (tertiary/aromatic N) is 1. The van der Waals surface area contributed by atoms with Crippen molar-refractivity contribution in [3.8, 4) is 0 Å². The number of morpholine rings is 1. The van der Waals surface area contributed by atoms with E-state index in [4.69, 9.17) is 4.74 Å². The Balaban J connectivity index is 1.98. The molecule has 1 fully saturated rings. The van der Waals surface area contributed by atoms with Crippen molar-refractivity contribution in [2.45, 2.75) is 51.3 Å². The second-order valence-corrected chi connectivity index (χ2v) is 10.5. The fourth-order valence-electron chi connectivity index (χ4n) is 3.82. The van der Waals surface area contributed by atoms with Crippen molar-refractivity contribution in [1.82, 2.24) is 4.31 Å². The molecule has 1 amide bonds. The summed E-state index contributed by atoms with van der Waals surface area (Å²) in [6.45, 7) is 11.6. The number of para-hydroxylation sites is 1. The van der Waals surface area contributed by atoms with Crippen molar-refractivity contribution in [3.63, 3.8) is 0 Å². The van der Waals surface area contributed by atoms with Gasteiger partial charge in [0.25, 0.3) is 5.91 Å². The lowest BCUT2D eigenvalue weighted by Gasteiger charge is -2.26. The van der Waals surface area contributed by atoms with Gasteiger partial charge in [0.1, 0.15) is 0 Å². The van der Waals surface area contributed by atoms with Gasteiger partial charge in [-0.2, -0.15) is 4.31 Å². The minimum Gasteiger partial charge on any atom is -0.379 e. The fourth-order valence-corrected chi connectivity index (χ4v) is 5.25. The summed E-state index contributed by atoms with van der Waals surface area (Å²) in [6, 6.07) is 10.8. The lowest BCUT2D eigenvalue weighted by Crippen LogP contribution is -2.40. The Kier molecular flexibility index (Phi) is 7.19. The minimum atomic E-state index is -3.68. The summed E-state index contributed by atoms with van der Waals surface area (Å²) >= 11 is 0. The molecule has 168 valence electrons. The van der Waals surface area contributed by atoms with Crippen LogP contribution in [0.4, 0.5) is 5.69 Å². The largest absolute Gasteiger partial charge is 0.379 e. The van der Waals surface area contributed by atoms with E-state index in [1.54, 1.807) is 12.1 Å². The number of hydrogen-bond donors (Lipinski definition) is 1. The second kappa shape index (κ2) is 9.51. The number of anilines is 1. The number of amides is 1. The quantitative estimate of drug-likeness (QED) is 0.711. The van der Waals surface area contributed by atoms with Crippen LogP contribution in [-0.2, 0) is 14.8 Å². The molecule has 0 unspecified atom stereocenters. The molecule has 1 saturated heterocycles. The van der Waals surface area contributed by atoms with Crippen molar-refractivity contribution in [2.75, 3.05) is 31.6 Å². The van der Waals surface area contributed by atoms with Gasteiger partial charge in [0.15, 0.2) is 0 Å². The first-order valence-corrected chi connectivity index (χ1v) is 12.2. The van der Waals surface area contributed by atoms with Crippen molar-refractivity contribution in [1.29, 1.82) is 0 Å². The minimum absolute atomic E-state index is 0.131. The van der Waals surface area contributed by atoms with Gasteiger partial charge in [0, 0.05) is 24.3 Å². The summed E-state index contributed by atoms with van der Waals surface area (Å²) in [6.07, 6.45) is 0. The molecule has 0 spiro atoms. The Morgan fingerprint density at radius 1 is 1.00 bits per heavy atom. The van der Waals surface area contributed by atoms with Crippen LogP contribution in [0, 0.1) is 6.92 Å². The van der Waals surface area contributed by atoms with Crippen LogP contribution in [-0.4, -0.2) is 44.9 Å². The van der Waals surface area contributed by atoms with E-state index in [0.717, 1.165) is 22.4 Å². The average Bonchev–Trinajstić information content (AvgIpc) is 2.74. The molecule has 0 saturated carbocycles. The Morgan fingerprint density at radius 2 is 1.58 bits per heavy atom. The zero-order chi connectivity index (χ0) is 22.8. The zero-order valence-corrected chi connectivity index (χ0v) is 19.8. The lowest BCUT2D eigenvalue weighted by atomic mass is 9.92. The summed E-state index contributed by atoms with van der Waals surface area (Å²) < 4.78 is 32.8. The van der Waals surface area contributed by atoms with Crippen LogP contribution < -0.4 is 5.32 Å². The third-order valence-electron chi connectivity index (χ3n) is 5.67. The molecule has 1 aliphatic rings. The van der Waals surface area contributed by atoms with E-state index >= 15 is 0 Å². The summed E-state index contributed by atoms with van der Waals surface area (Å²) in [7, 11) is -3.68. The maximum Gasteiger partial charge on any atom is 0.255 e. The van der Waals surface area contributed by atoms with E-state index in [2.05, 4.69) is 33.0 Å². The summed E-state index contributed by atoms with van der Waals surface area (Å²) in [5, 5.41) is 3.09. The van der Waals surface area contributed by atoms with Crippen molar-refractivity contribution >= 4 is 21.6 Å². The van der Waals surface area contributed by atoms with E-state index in [9.17, 15) is 13.2 Å². The molecule has 2 aromatic rings. The number of sulfonamides is 1. The number of nitrogens with one attached hydrogen (secondary N) is 1. The van der Waals surface area contributed by atoms with E-state index in [1.165, 1.54) is 10.4 Å². The molecule has 1 aliphatic heterocycles. The summed E-state index contributed by atoms with van der Waals surface area (Å²) in [4.78, 5) is 13.4. The monoisotopic (exact) mass is 444 g/mol. The van der Waals surface area contributed by atoms with Crippen LogP contribution in [0.2, 0.25) is 0 Å². The number of benzene rings is 2. The number of carbonyl (C=O) groups excluding carboxylic acids is 1. The standard InChI is InChI=1S/C24H32N2O4S/c1-16(2)20-7-6-8-21(17(3)4)23(20)25-24(27)22-15-19(10-9-18(22)5)31(28,29)26-11-13-30-14-12-26/h6-10,15-17H,11-14H2,1-5H3,(H,25,27). The topological polar surface area (TPSA) is 75.7 Å². The molecule has 1 N–H and O–H groups in total. The molecule has 3 rings (SSSR count). The highest BCUT2D eigenvalue weighted by Crippen LogP contribution is 2.33. The highest BCUT2D eigenvalue weighted by molar-refractivity contribution is 7.89. The van der Waals surface area contributed by atoms with E-state index in [0.29, 0.717) is 31.9 Å². The Bertz CT molecular complexity index is 1030. The highest BCUT2D eigenvalue weighted by Gasteiger charge is 2.27. The first-order chi connectivity index (χ1) is 14.6. The normalized spacial score (nSPS) is 15.5. The van der Waals surface area contributed by atoms with Crippen molar-refractivity contribution in [3.05, 3.63) is 58.7 Å². The molecule has 0 radical (unpaired) electrons. The van der Waals surface area contributed by atoms with Gasteiger partial charge in [-0.05, 0) is 47.6 Å². The van der Waals surface area contributed by atoms with Gasteiger partial charge in [0.2, 0.25) is 10.0 Å². The molecule has 0 aliphatic carbocycles. The fraction of sp³-hybridized carbons (Fsp3) is 0.458. The van der Waals surface area contributed by atoms with Crippen LogP contribution >= 0.6 is 0 Å². The summed E-state index contributed by atoms with van der Waals surface area (Å²) in [5.41, 5.74) is 4.04. The maximum absolute atomic E-state index is 13.3.